The molecule has 7 heteroatoms. The lowest BCUT2D eigenvalue weighted by Gasteiger charge is -2.36. The molecule has 3 rings (SSSR count). The van der Waals surface area contributed by atoms with E-state index in [-0.39, 0.29) is 18.2 Å². The zero-order valence-corrected chi connectivity index (χ0v) is 14.5. The number of rotatable bonds is 3. The smallest absolute Gasteiger partial charge is 0.323 e. The van der Waals surface area contributed by atoms with Crippen LogP contribution in [0.4, 0.5) is 10.6 Å². The van der Waals surface area contributed by atoms with E-state index in [1.165, 1.54) is 0 Å². The summed E-state index contributed by atoms with van der Waals surface area (Å²) >= 11 is 1.64. The molecule has 2 amide bonds. The molecular formula is C16H22N4O2S. The van der Waals surface area contributed by atoms with Gasteiger partial charge in [-0.15, -0.1) is 0 Å². The van der Waals surface area contributed by atoms with Gasteiger partial charge in [-0.3, -0.25) is 10.00 Å². The van der Waals surface area contributed by atoms with E-state index in [2.05, 4.69) is 21.9 Å². The summed E-state index contributed by atoms with van der Waals surface area (Å²) in [4.78, 5) is 14.4. The molecule has 23 heavy (non-hydrogen) atoms. The van der Waals surface area contributed by atoms with Crippen molar-refractivity contribution in [3.63, 3.8) is 0 Å². The lowest BCUT2D eigenvalue weighted by atomic mass is 10.1. The number of thiophene rings is 1. The maximum absolute atomic E-state index is 12.6. The van der Waals surface area contributed by atoms with Crippen LogP contribution in [-0.2, 0) is 18.2 Å². The van der Waals surface area contributed by atoms with Crippen LogP contribution in [0.25, 0.3) is 0 Å². The van der Waals surface area contributed by atoms with Crippen molar-refractivity contribution in [2.45, 2.75) is 32.5 Å². The van der Waals surface area contributed by atoms with E-state index >= 15 is 0 Å². The van der Waals surface area contributed by atoms with Crippen LogP contribution in [-0.4, -0.2) is 39.9 Å². The Bertz CT molecular complexity index is 668. The quantitative estimate of drug-likeness (QED) is 0.938. The first kappa shape index (κ1) is 16.0. The second kappa shape index (κ2) is 6.72. The number of aryl methyl sites for hydroxylation is 2. The van der Waals surface area contributed by atoms with E-state index in [0.29, 0.717) is 13.1 Å². The van der Waals surface area contributed by atoms with E-state index in [4.69, 9.17) is 4.74 Å². The van der Waals surface area contributed by atoms with Gasteiger partial charge in [-0.2, -0.15) is 16.4 Å². The lowest BCUT2D eigenvalue weighted by molar-refractivity contribution is -0.0641. The Morgan fingerprint density at radius 2 is 2.35 bits per heavy atom. The van der Waals surface area contributed by atoms with Gasteiger partial charge in [-0.25, -0.2) is 4.79 Å². The van der Waals surface area contributed by atoms with Crippen LogP contribution in [0.2, 0.25) is 0 Å². The van der Waals surface area contributed by atoms with Crippen molar-refractivity contribution in [1.82, 2.24) is 14.7 Å². The molecule has 1 aliphatic rings. The summed E-state index contributed by atoms with van der Waals surface area (Å²) in [5.74, 6) is 0.720. The van der Waals surface area contributed by atoms with Crippen LogP contribution in [0.1, 0.15) is 31.2 Å². The van der Waals surface area contributed by atoms with Crippen LogP contribution < -0.4 is 5.32 Å². The number of nitrogens with zero attached hydrogens (tertiary/aromatic N) is 3. The van der Waals surface area contributed by atoms with Crippen molar-refractivity contribution >= 4 is 23.2 Å². The van der Waals surface area contributed by atoms with E-state index in [1.54, 1.807) is 16.0 Å². The van der Waals surface area contributed by atoms with Gasteiger partial charge in [0.15, 0.2) is 0 Å². The Morgan fingerprint density at radius 3 is 3.00 bits per heavy atom. The number of carbonyl (C=O) groups is 1. The van der Waals surface area contributed by atoms with Crippen LogP contribution in [0.15, 0.2) is 22.9 Å². The highest BCUT2D eigenvalue weighted by Gasteiger charge is 2.30. The number of carbonyl (C=O) groups excluding carboxylic acids is 1. The molecule has 6 nitrogen and oxygen atoms in total. The summed E-state index contributed by atoms with van der Waals surface area (Å²) in [6, 6.07) is 3.86. The molecule has 1 fully saturated rings. The minimum Gasteiger partial charge on any atom is -0.367 e. The van der Waals surface area contributed by atoms with Gasteiger partial charge in [0.25, 0.3) is 0 Å². The molecule has 3 heterocycles. The molecule has 0 aromatic carbocycles. The average molecular weight is 334 g/mol. The highest BCUT2D eigenvalue weighted by atomic mass is 32.1. The number of anilines is 1. The van der Waals surface area contributed by atoms with Gasteiger partial charge in [0, 0.05) is 19.7 Å². The maximum atomic E-state index is 12.6. The van der Waals surface area contributed by atoms with Crippen molar-refractivity contribution in [2.75, 3.05) is 18.4 Å². The van der Waals surface area contributed by atoms with Crippen LogP contribution >= 0.6 is 11.3 Å². The number of urea groups is 1. The topological polar surface area (TPSA) is 59.4 Å². The van der Waals surface area contributed by atoms with Crippen LogP contribution in [0.5, 0.6) is 0 Å². The van der Waals surface area contributed by atoms with E-state index < -0.39 is 0 Å². The van der Waals surface area contributed by atoms with Gasteiger partial charge in [-0.05, 0) is 35.7 Å². The number of ether oxygens (including phenoxy) is 1. The normalized spacial score (nSPS) is 21.4. The van der Waals surface area contributed by atoms with Crippen molar-refractivity contribution in [2.24, 2.45) is 7.05 Å². The molecule has 2 aromatic rings. The largest absolute Gasteiger partial charge is 0.367 e. The number of amides is 2. The molecule has 1 aliphatic heterocycles. The minimum absolute atomic E-state index is 0.0112. The Hall–Kier alpha value is -1.86. The third-order valence-electron chi connectivity index (χ3n) is 3.99. The molecule has 2 atom stereocenters. The predicted molar refractivity (Wildman–Crippen MR) is 90.8 cm³/mol. The standard InChI is InChI=1S/C16H22N4O2S/c1-4-13-7-15(19(3)18-13)17-16(21)20-8-11(2)22-14(9-20)12-5-6-23-10-12/h5-7,10-11,14H,4,8-9H2,1-3H3,(H,17,21)/t11-,14-/m1/s1. The molecular weight excluding hydrogens is 312 g/mol. The fourth-order valence-corrected chi connectivity index (χ4v) is 3.47. The summed E-state index contributed by atoms with van der Waals surface area (Å²) in [5, 5.41) is 11.4. The zero-order chi connectivity index (χ0) is 16.4. The monoisotopic (exact) mass is 334 g/mol. The molecule has 0 spiro atoms. The summed E-state index contributed by atoms with van der Waals surface area (Å²) < 4.78 is 7.68. The van der Waals surface area contributed by atoms with Gasteiger partial charge in [0.05, 0.1) is 18.3 Å². The summed E-state index contributed by atoms with van der Waals surface area (Å²) in [5.41, 5.74) is 2.10. The minimum atomic E-state index is -0.106. The Kier molecular flexibility index (Phi) is 4.68. The third kappa shape index (κ3) is 3.56. The van der Waals surface area contributed by atoms with E-state index in [9.17, 15) is 4.79 Å². The molecule has 1 saturated heterocycles. The Balaban J connectivity index is 1.69. The third-order valence-corrected chi connectivity index (χ3v) is 4.69. The predicted octanol–water partition coefficient (Wildman–Crippen LogP) is 3.04. The second-order valence-electron chi connectivity index (χ2n) is 5.83. The first-order valence-corrected chi connectivity index (χ1v) is 8.77. The lowest BCUT2D eigenvalue weighted by Crippen LogP contribution is -2.47. The molecule has 0 radical (unpaired) electrons. The highest BCUT2D eigenvalue weighted by molar-refractivity contribution is 7.07. The molecule has 0 aliphatic carbocycles. The Morgan fingerprint density at radius 1 is 1.52 bits per heavy atom. The molecule has 0 bridgehead atoms. The number of aromatic nitrogens is 2. The van der Waals surface area contributed by atoms with Crippen molar-refractivity contribution in [3.05, 3.63) is 34.2 Å². The van der Waals surface area contributed by atoms with E-state index in [0.717, 1.165) is 23.5 Å². The number of nitrogens with one attached hydrogen (secondary N) is 1. The fraction of sp³-hybridized carbons (Fsp3) is 0.500. The first-order chi connectivity index (χ1) is 11.1. The molecule has 1 N–H and O–H groups in total. The van der Waals surface area contributed by atoms with Crippen molar-refractivity contribution < 1.29 is 9.53 Å². The maximum Gasteiger partial charge on any atom is 0.323 e. The van der Waals surface area contributed by atoms with Crippen LogP contribution in [0, 0.1) is 0 Å². The van der Waals surface area contributed by atoms with E-state index in [1.807, 2.05) is 37.2 Å². The van der Waals surface area contributed by atoms with Crippen LogP contribution in [0.3, 0.4) is 0 Å². The first-order valence-electron chi connectivity index (χ1n) is 7.83. The highest BCUT2D eigenvalue weighted by Crippen LogP contribution is 2.27. The second-order valence-corrected chi connectivity index (χ2v) is 6.61. The number of morpholine rings is 1. The Labute approximate surface area is 140 Å². The van der Waals surface area contributed by atoms with Gasteiger partial charge in [0.2, 0.25) is 0 Å². The zero-order valence-electron chi connectivity index (χ0n) is 13.7. The number of hydrogen-bond donors (Lipinski definition) is 1. The summed E-state index contributed by atoms with van der Waals surface area (Å²) in [6.07, 6.45) is 0.795. The summed E-state index contributed by atoms with van der Waals surface area (Å²) in [6.45, 7) is 5.19. The SMILES string of the molecule is CCc1cc(NC(=O)N2C[C@@H](C)O[C@@H](c3ccsc3)C2)n(C)n1. The molecule has 124 valence electrons. The van der Waals surface area contributed by atoms with Gasteiger partial charge >= 0.3 is 6.03 Å². The van der Waals surface area contributed by atoms with Crippen molar-refractivity contribution in [3.8, 4) is 0 Å². The molecule has 2 aromatic heterocycles. The van der Waals surface area contributed by atoms with Gasteiger partial charge in [-0.1, -0.05) is 6.92 Å². The summed E-state index contributed by atoms with van der Waals surface area (Å²) in [7, 11) is 1.84. The van der Waals surface area contributed by atoms with Crippen molar-refractivity contribution in [1.29, 1.82) is 0 Å². The van der Waals surface area contributed by atoms with Gasteiger partial charge < -0.3 is 9.64 Å². The number of hydrogen-bond acceptors (Lipinski definition) is 4. The average Bonchev–Trinajstić information content (AvgIpc) is 3.17. The molecule has 0 unspecified atom stereocenters. The fourth-order valence-electron chi connectivity index (χ4n) is 2.76. The van der Waals surface area contributed by atoms with Gasteiger partial charge in [0.1, 0.15) is 11.9 Å². The molecule has 0 saturated carbocycles.